The quantitative estimate of drug-likeness (QED) is 0.561. The maximum atomic E-state index is 12.9. The number of thiazole rings is 1. The third-order valence-electron chi connectivity index (χ3n) is 2.86. The van der Waals surface area contributed by atoms with Crippen LogP contribution >= 0.6 is 22.9 Å². The summed E-state index contributed by atoms with van der Waals surface area (Å²) in [6.07, 6.45) is -1.36. The number of halogens is 4. The van der Waals surface area contributed by atoms with Crippen molar-refractivity contribution < 1.29 is 13.2 Å². The molecule has 0 radical (unpaired) electrons. The van der Waals surface area contributed by atoms with Gasteiger partial charge in [0.25, 0.3) is 0 Å². The van der Waals surface area contributed by atoms with E-state index in [9.17, 15) is 13.2 Å². The Labute approximate surface area is 131 Å². The molecule has 2 heterocycles. The van der Waals surface area contributed by atoms with Crippen LogP contribution in [0.15, 0.2) is 40.9 Å². The smallest absolute Gasteiger partial charge is 0.288 e. The molecule has 0 aliphatic heterocycles. The van der Waals surface area contributed by atoms with Crippen LogP contribution < -0.4 is 5.43 Å². The minimum Gasteiger partial charge on any atom is -0.288 e. The van der Waals surface area contributed by atoms with E-state index in [-0.39, 0.29) is 10.8 Å². The monoisotopic (exact) mass is 344 g/mol. The Morgan fingerprint density at radius 1 is 1.32 bits per heavy atom. The summed E-state index contributed by atoms with van der Waals surface area (Å²) in [4.78, 5) is 4.79. The largest absolute Gasteiger partial charge is 0.418 e. The van der Waals surface area contributed by atoms with Crippen LogP contribution in [-0.4, -0.2) is 15.6 Å². The van der Waals surface area contributed by atoms with E-state index in [0.717, 1.165) is 6.07 Å². The van der Waals surface area contributed by atoms with Gasteiger partial charge in [-0.3, -0.25) is 9.83 Å². The molecule has 9 heteroatoms. The highest BCUT2D eigenvalue weighted by atomic mass is 35.5. The standard InChI is InChI=1S/C13H8ClF3N4S/c14-11-10(21-5-6-22-12(21)19-11)7-18-20-9-4-2-1-3-8(9)13(15,16)17/h1-7,20H. The number of hydrazone groups is 1. The second-order valence-corrected chi connectivity index (χ2v) is 5.49. The summed E-state index contributed by atoms with van der Waals surface area (Å²) >= 11 is 7.36. The topological polar surface area (TPSA) is 41.7 Å². The van der Waals surface area contributed by atoms with E-state index in [1.54, 1.807) is 10.6 Å². The molecule has 0 amide bonds. The summed E-state index contributed by atoms with van der Waals surface area (Å²) in [7, 11) is 0. The van der Waals surface area contributed by atoms with Crippen LogP contribution in [0.25, 0.3) is 4.96 Å². The van der Waals surface area contributed by atoms with Crippen molar-refractivity contribution in [3.8, 4) is 0 Å². The number of hydrogen-bond acceptors (Lipinski definition) is 4. The van der Waals surface area contributed by atoms with E-state index in [0.29, 0.717) is 10.7 Å². The first-order valence-corrected chi connectivity index (χ1v) is 7.29. The molecule has 0 bridgehead atoms. The predicted molar refractivity (Wildman–Crippen MR) is 80.7 cm³/mol. The fourth-order valence-corrected chi connectivity index (χ4v) is 2.87. The van der Waals surface area contributed by atoms with Crippen LogP contribution in [0.2, 0.25) is 5.15 Å². The summed E-state index contributed by atoms with van der Waals surface area (Å²) in [6.45, 7) is 0. The van der Waals surface area contributed by atoms with E-state index in [2.05, 4.69) is 15.5 Å². The molecule has 0 unspecified atom stereocenters. The van der Waals surface area contributed by atoms with Crippen molar-refractivity contribution in [2.45, 2.75) is 6.18 Å². The number of nitrogens with zero attached hydrogens (tertiary/aromatic N) is 3. The minimum absolute atomic E-state index is 0.131. The van der Waals surface area contributed by atoms with Gasteiger partial charge in [0, 0.05) is 11.6 Å². The van der Waals surface area contributed by atoms with Gasteiger partial charge in [0.1, 0.15) is 5.69 Å². The number of alkyl halides is 3. The fraction of sp³-hybridized carbons (Fsp3) is 0.0769. The molecule has 3 rings (SSSR count). The minimum atomic E-state index is -4.45. The molecule has 2 aromatic heterocycles. The molecule has 0 fully saturated rings. The lowest BCUT2D eigenvalue weighted by molar-refractivity contribution is -0.136. The highest BCUT2D eigenvalue weighted by Gasteiger charge is 2.33. The van der Waals surface area contributed by atoms with Crippen molar-refractivity contribution in [2.75, 3.05) is 5.43 Å². The van der Waals surface area contributed by atoms with Crippen LogP contribution in [0.5, 0.6) is 0 Å². The number of rotatable bonds is 3. The van der Waals surface area contributed by atoms with Crippen LogP contribution in [0.4, 0.5) is 18.9 Å². The van der Waals surface area contributed by atoms with Crippen LogP contribution in [-0.2, 0) is 6.18 Å². The third-order valence-corrected chi connectivity index (χ3v) is 3.89. The maximum absolute atomic E-state index is 12.9. The van der Waals surface area contributed by atoms with Crippen molar-refractivity contribution in [1.29, 1.82) is 0 Å². The zero-order chi connectivity index (χ0) is 15.7. The summed E-state index contributed by atoms with van der Waals surface area (Å²) in [5.74, 6) is 0. The number of imidazole rings is 1. The van der Waals surface area contributed by atoms with Crippen molar-refractivity contribution >= 4 is 39.8 Å². The van der Waals surface area contributed by atoms with Crippen molar-refractivity contribution in [2.24, 2.45) is 5.10 Å². The van der Waals surface area contributed by atoms with E-state index in [1.807, 2.05) is 5.38 Å². The third kappa shape index (κ3) is 2.79. The number of benzene rings is 1. The molecular formula is C13H8ClF3N4S. The van der Waals surface area contributed by atoms with Gasteiger partial charge in [-0.25, -0.2) is 4.98 Å². The second kappa shape index (κ2) is 5.62. The van der Waals surface area contributed by atoms with Crippen LogP contribution in [0.3, 0.4) is 0 Å². The van der Waals surface area contributed by atoms with E-state index in [4.69, 9.17) is 11.6 Å². The van der Waals surface area contributed by atoms with Crippen molar-refractivity contribution in [3.05, 3.63) is 52.3 Å². The molecule has 0 aliphatic rings. The Morgan fingerprint density at radius 3 is 2.86 bits per heavy atom. The van der Waals surface area contributed by atoms with Crippen molar-refractivity contribution in [1.82, 2.24) is 9.38 Å². The zero-order valence-corrected chi connectivity index (χ0v) is 12.4. The molecule has 1 N–H and O–H groups in total. The average molecular weight is 345 g/mol. The Balaban J connectivity index is 1.87. The highest BCUT2D eigenvalue weighted by Crippen LogP contribution is 2.34. The van der Waals surface area contributed by atoms with Gasteiger partial charge in [-0.1, -0.05) is 23.7 Å². The molecule has 0 aliphatic carbocycles. The van der Waals surface area contributed by atoms with Crippen LogP contribution in [0.1, 0.15) is 11.3 Å². The number of aromatic nitrogens is 2. The molecular weight excluding hydrogens is 337 g/mol. The van der Waals surface area contributed by atoms with E-state index in [1.165, 1.54) is 35.8 Å². The molecule has 0 saturated carbocycles. The molecule has 3 aromatic rings. The predicted octanol–water partition coefficient (Wildman–Crippen LogP) is 4.51. The Bertz CT molecular complexity index is 837. The SMILES string of the molecule is FC(F)(F)c1ccccc1NN=Cc1c(Cl)nc2sccn12. The first-order chi connectivity index (χ1) is 10.5. The number of para-hydroxylation sites is 1. The lowest BCUT2D eigenvalue weighted by Crippen LogP contribution is -2.08. The van der Waals surface area contributed by atoms with Gasteiger partial charge in [0.15, 0.2) is 10.1 Å². The number of nitrogens with one attached hydrogen (secondary N) is 1. The molecule has 0 spiro atoms. The first kappa shape index (κ1) is 14.9. The summed E-state index contributed by atoms with van der Waals surface area (Å²) in [6, 6.07) is 5.11. The maximum Gasteiger partial charge on any atom is 0.418 e. The van der Waals surface area contributed by atoms with E-state index < -0.39 is 11.7 Å². The summed E-state index contributed by atoms with van der Waals surface area (Å²) in [5.41, 5.74) is 1.97. The lowest BCUT2D eigenvalue weighted by atomic mass is 10.2. The number of hydrogen-bond donors (Lipinski definition) is 1. The van der Waals surface area contributed by atoms with E-state index >= 15 is 0 Å². The summed E-state index contributed by atoms with van der Waals surface area (Å²) < 4.78 is 40.3. The van der Waals surface area contributed by atoms with Gasteiger partial charge in [0.05, 0.1) is 17.5 Å². The molecule has 1 aromatic carbocycles. The lowest BCUT2D eigenvalue weighted by Gasteiger charge is -2.11. The Kier molecular flexibility index (Phi) is 3.79. The van der Waals surface area contributed by atoms with Crippen LogP contribution in [0, 0.1) is 0 Å². The zero-order valence-electron chi connectivity index (χ0n) is 10.8. The fourth-order valence-electron chi connectivity index (χ4n) is 1.88. The number of anilines is 1. The normalized spacial score (nSPS) is 12.4. The molecule has 22 heavy (non-hydrogen) atoms. The van der Waals surface area contributed by atoms with Gasteiger partial charge in [0.2, 0.25) is 0 Å². The second-order valence-electron chi connectivity index (χ2n) is 4.26. The molecule has 0 atom stereocenters. The van der Waals surface area contributed by atoms with Gasteiger partial charge in [-0.2, -0.15) is 18.3 Å². The molecule has 4 nitrogen and oxygen atoms in total. The Hall–Kier alpha value is -2.06. The molecule has 0 saturated heterocycles. The van der Waals surface area contributed by atoms with Gasteiger partial charge < -0.3 is 0 Å². The van der Waals surface area contributed by atoms with Gasteiger partial charge in [-0.05, 0) is 12.1 Å². The Morgan fingerprint density at radius 2 is 2.09 bits per heavy atom. The first-order valence-electron chi connectivity index (χ1n) is 6.03. The highest BCUT2D eigenvalue weighted by molar-refractivity contribution is 7.15. The molecule has 114 valence electrons. The average Bonchev–Trinajstić information content (AvgIpc) is 3.01. The van der Waals surface area contributed by atoms with Gasteiger partial charge >= 0.3 is 6.18 Å². The van der Waals surface area contributed by atoms with Gasteiger partial charge in [-0.15, -0.1) is 11.3 Å². The van der Waals surface area contributed by atoms with Crippen molar-refractivity contribution in [3.63, 3.8) is 0 Å². The summed E-state index contributed by atoms with van der Waals surface area (Å²) in [5, 5.41) is 5.89. The number of fused-ring (bicyclic) bond motifs is 1.